The molecule has 0 fully saturated rings. The molecule has 0 heterocycles. The lowest BCUT2D eigenvalue weighted by molar-refractivity contribution is -0.131. The van der Waals surface area contributed by atoms with Crippen molar-refractivity contribution in [3.05, 3.63) is 35.9 Å². The molecule has 0 aliphatic carbocycles. The third-order valence-electron chi connectivity index (χ3n) is 2.59. The lowest BCUT2D eigenvalue weighted by Crippen LogP contribution is -2.38. The lowest BCUT2D eigenvalue weighted by Gasteiger charge is -2.27. The predicted octanol–water partition coefficient (Wildman–Crippen LogP) is 1.48. The van der Waals surface area contributed by atoms with E-state index in [0.717, 1.165) is 17.3 Å². The largest absolute Gasteiger partial charge is 0.478 e. The van der Waals surface area contributed by atoms with E-state index in [1.54, 1.807) is 12.1 Å². The molecule has 0 saturated carbocycles. The zero-order chi connectivity index (χ0) is 14.4. The minimum absolute atomic E-state index is 0.146. The fraction of sp³-hybridized carbons (Fsp3) is 0.286. The van der Waals surface area contributed by atoms with Crippen LogP contribution < -0.4 is 10.6 Å². The van der Waals surface area contributed by atoms with Crippen LogP contribution in [0.2, 0.25) is 0 Å². The van der Waals surface area contributed by atoms with Crippen LogP contribution in [0.25, 0.3) is 6.08 Å². The maximum Gasteiger partial charge on any atom is 0.328 e. The Labute approximate surface area is 112 Å². The van der Waals surface area contributed by atoms with E-state index in [0.29, 0.717) is 0 Å². The summed E-state index contributed by atoms with van der Waals surface area (Å²) in [6.07, 6.45) is 2.60. The summed E-state index contributed by atoms with van der Waals surface area (Å²) in [5, 5.41) is 8.54. The SMILES string of the molecule is CC(C)N(CC(N)=O)c1ccc(/C=C/C(=O)O)cc1. The van der Waals surface area contributed by atoms with Crippen LogP contribution in [-0.2, 0) is 9.59 Å². The Hall–Kier alpha value is -2.30. The summed E-state index contributed by atoms with van der Waals surface area (Å²) in [6.45, 7) is 4.10. The summed E-state index contributed by atoms with van der Waals surface area (Å²) in [7, 11) is 0. The summed E-state index contributed by atoms with van der Waals surface area (Å²) in [5.41, 5.74) is 6.88. The van der Waals surface area contributed by atoms with Crippen molar-refractivity contribution in [1.29, 1.82) is 0 Å². The molecule has 0 unspecified atom stereocenters. The van der Waals surface area contributed by atoms with Crippen LogP contribution in [0, 0.1) is 0 Å². The lowest BCUT2D eigenvalue weighted by atomic mass is 10.1. The molecular weight excluding hydrogens is 244 g/mol. The first-order chi connectivity index (χ1) is 8.90. The van der Waals surface area contributed by atoms with Gasteiger partial charge in [-0.2, -0.15) is 0 Å². The van der Waals surface area contributed by atoms with Crippen LogP contribution in [0.15, 0.2) is 30.3 Å². The molecule has 0 aliphatic heterocycles. The molecule has 19 heavy (non-hydrogen) atoms. The molecule has 1 aromatic carbocycles. The highest BCUT2D eigenvalue weighted by atomic mass is 16.4. The Morgan fingerprint density at radius 1 is 1.32 bits per heavy atom. The van der Waals surface area contributed by atoms with E-state index in [1.165, 1.54) is 6.08 Å². The van der Waals surface area contributed by atoms with Crippen molar-refractivity contribution in [3.63, 3.8) is 0 Å². The first-order valence-electron chi connectivity index (χ1n) is 5.96. The van der Waals surface area contributed by atoms with Crippen molar-refractivity contribution in [2.24, 2.45) is 5.73 Å². The minimum atomic E-state index is -0.985. The number of carboxylic acids is 1. The molecule has 0 atom stereocenters. The first-order valence-corrected chi connectivity index (χ1v) is 5.96. The second-order valence-electron chi connectivity index (χ2n) is 4.45. The quantitative estimate of drug-likeness (QED) is 0.761. The first kappa shape index (κ1) is 14.8. The van der Waals surface area contributed by atoms with Gasteiger partial charge in [0.05, 0.1) is 6.54 Å². The number of primary amides is 1. The Balaban J connectivity index is 2.89. The van der Waals surface area contributed by atoms with E-state index in [2.05, 4.69) is 0 Å². The number of carbonyl (C=O) groups is 2. The zero-order valence-corrected chi connectivity index (χ0v) is 11.0. The Kier molecular flexibility index (Phi) is 5.11. The number of nitrogens with zero attached hydrogens (tertiary/aromatic N) is 1. The highest BCUT2D eigenvalue weighted by molar-refractivity contribution is 5.85. The molecule has 0 spiro atoms. The van der Waals surface area contributed by atoms with Gasteiger partial charge in [-0.1, -0.05) is 12.1 Å². The van der Waals surface area contributed by atoms with E-state index in [4.69, 9.17) is 10.8 Å². The molecule has 5 heteroatoms. The summed E-state index contributed by atoms with van der Waals surface area (Å²) in [4.78, 5) is 23.3. The van der Waals surface area contributed by atoms with Crippen LogP contribution in [0.4, 0.5) is 5.69 Å². The van der Waals surface area contributed by atoms with Gasteiger partial charge in [0.1, 0.15) is 0 Å². The molecule has 0 radical (unpaired) electrons. The van der Waals surface area contributed by atoms with Crippen molar-refractivity contribution in [3.8, 4) is 0 Å². The molecule has 0 aromatic heterocycles. The molecule has 1 aromatic rings. The maximum absolute atomic E-state index is 11.0. The Morgan fingerprint density at radius 3 is 2.32 bits per heavy atom. The van der Waals surface area contributed by atoms with Crippen LogP contribution >= 0.6 is 0 Å². The van der Waals surface area contributed by atoms with Gasteiger partial charge in [-0.15, -0.1) is 0 Å². The molecule has 0 bridgehead atoms. The third-order valence-corrected chi connectivity index (χ3v) is 2.59. The average molecular weight is 262 g/mol. The number of carboxylic acid groups (broad SMARTS) is 1. The zero-order valence-electron chi connectivity index (χ0n) is 11.0. The topological polar surface area (TPSA) is 83.6 Å². The van der Waals surface area contributed by atoms with Crippen LogP contribution in [0.5, 0.6) is 0 Å². The van der Waals surface area contributed by atoms with Gasteiger partial charge >= 0.3 is 5.97 Å². The predicted molar refractivity (Wildman–Crippen MR) is 74.8 cm³/mol. The molecule has 1 rings (SSSR count). The van der Waals surface area contributed by atoms with Crippen molar-refractivity contribution < 1.29 is 14.7 Å². The van der Waals surface area contributed by atoms with Gasteiger partial charge in [0.15, 0.2) is 0 Å². The van der Waals surface area contributed by atoms with Gasteiger partial charge in [-0.05, 0) is 37.6 Å². The maximum atomic E-state index is 11.0. The van der Waals surface area contributed by atoms with E-state index < -0.39 is 5.97 Å². The van der Waals surface area contributed by atoms with Crippen LogP contribution in [0.3, 0.4) is 0 Å². The average Bonchev–Trinajstić information content (AvgIpc) is 2.33. The molecular formula is C14H18N2O3. The second kappa shape index (κ2) is 6.58. The highest BCUT2D eigenvalue weighted by Crippen LogP contribution is 2.18. The van der Waals surface area contributed by atoms with Gasteiger partial charge in [0.25, 0.3) is 0 Å². The van der Waals surface area contributed by atoms with E-state index >= 15 is 0 Å². The third kappa shape index (κ3) is 4.83. The molecule has 1 amide bonds. The Morgan fingerprint density at radius 2 is 1.89 bits per heavy atom. The number of anilines is 1. The molecule has 3 N–H and O–H groups in total. The van der Waals surface area contributed by atoms with Gasteiger partial charge in [-0.25, -0.2) is 4.79 Å². The van der Waals surface area contributed by atoms with E-state index in [-0.39, 0.29) is 18.5 Å². The van der Waals surface area contributed by atoms with Crippen molar-refractivity contribution >= 4 is 23.6 Å². The number of aliphatic carboxylic acids is 1. The van der Waals surface area contributed by atoms with Gasteiger partial charge in [0, 0.05) is 17.8 Å². The number of hydrogen-bond acceptors (Lipinski definition) is 3. The smallest absolute Gasteiger partial charge is 0.328 e. The van der Waals surface area contributed by atoms with Gasteiger partial charge in [0.2, 0.25) is 5.91 Å². The fourth-order valence-electron chi connectivity index (χ4n) is 1.68. The van der Waals surface area contributed by atoms with Crippen LogP contribution in [-0.4, -0.2) is 29.6 Å². The summed E-state index contributed by atoms with van der Waals surface area (Å²) in [5.74, 6) is -1.37. The molecule has 0 aliphatic rings. The molecule has 0 saturated heterocycles. The van der Waals surface area contributed by atoms with Crippen molar-refractivity contribution in [2.45, 2.75) is 19.9 Å². The minimum Gasteiger partial charge on any atom is -0.478 e. The Bertz CT molecular complexity index is 478. The van der Waals surface area contributed by atoms with Crippen molar-refractivity contribution in [1.82, 2.24) is 0 Å². The monoisotopic (exact) mass is 262 g/mol. The van der Waals surface area contributed by atoms with Gasteiger partial charge < -0.3 is 15.7 Å². The normalized spacial score (nSPS) is 10.9. The van der Waals surface area contributed by atoms with Crippen molar-refractivity contribution in [2.75, 3.05) is 11.4 Å². The molecule has 5 nitrogen and oxygen atoms in total. The van der Waals surface area contributed by atoms with E-state index in [9.17, 15) is 9.59 Å². The summed E-state index contributed by atoms with van der Waals surface area (Å²) >= 11 is 0. The summed E-state index contributed by atoms with van der Waals surface area (Å²) in [6, 6.07) is 7.42. The number of rotatable bonds is 6. The van der Waals surface area contributed by atoms with E-state index in [1.807, 2.05) is 30.9 Å². The van der Waals surface area contributed by atoms with Crippen LogP contribution in [0.1, 0.15) is 19.4 Å². The number of hydrogen-bond donors (Lipinski definition) is 2. The second-order valence-corrected chi connectivity index (χ2v) is 4.45. The molecule has 102 valence electrons. The number of amides is 1. The number of carbonyl (C=O) groups excluding carboxylic acids is 1. The number of benzene rings is 1. The highest BCUT2D eigenvalue weighted by Gasteiger charge is 2.12. The summed E-state index contributed by atoms with van der Waals surface area (Å²) < 4.78 is 0. The fourth-order valence-corrected chi connectivity index (χ4v) is 1.68. The standard InChI is InChI=1S/C14H18N2O3/c1-10(2)16(9-13(15)17)12-6-3-11(4-7-12)5-8-14(18)19/h3-8,10H,9H2,1-2H3,(H2,15,17)(H,18,19)/b8-5+. The van der Waals surface area contributed by atoms with Gasteiger partial charge in [-0.3, -0.25) is 4.79 Å². The number of nitrogens with two attached hydrogens (primary N) is 1.